The molecule has 2 nitrogen and oxygen atoms in total. The minimum atomic E-state index is 0.417. The van der Waals surface area contributed by atoms with E-state index < -0.39 is 0 Å². The first kappa shape index (κ1) is 14.6. The van der Waals surface area contributed by atoms with Crippen molar-refractivity contribution in [3.05, 3.63) is 22.8 Å². The van der Waals surface area contributed by atoms with E-state index in [1.807, 2.05) is 6.07 Å². The second-order valence-corrected chi connectivity index (χ2v) is 5.53. The van der Waals surface area contributed by atoms with Crippen molar-refractivity contribution in [3.63, 3.8) is 0 Å². The molecule has 96 valence electrons. The third-order valence-corrected chi connectivity index (χ3v) is 3.53. The summed E-state index contributed by atoms with van der Waals surface area (Å²) < 4.78 is 0. The average molecular weight is 275 g/mol. The highest BCUT2D eigenvalue weighted by molar-refractivity contribution is 6.32. The number of nitrogens with zero attached hydrogens (tertiary/aromatic N) is 2. The number of anilines is 1. The van der Waals surface area contributed by atoms with Crippen molar-refractivity contribution in [2.75, 3.05) is 11.9 Å². The Kier molecular flexibility index (Phi) is 5.54. The largest absolute Gasteiger partial charge is 0.357 e. The lowest BCUT2D eigenvalue weighted by molar-refractivity contribution is 0.502. The molecular weight excluding hydrogens is 255 g/mol. The predicted octanol–water partition coefficient (Wildman–Crippen LogP) is 4.34. The summed E-state index contributed by atoms with van der Waals surface area (Å²) >= 11 is 11.8. The number of alkyl halides is 1. The first-order valence-electron chi connectivity index (χ1n) is 5.89. The van der Waals surface area contributed by atoms with Crippen LogP contribution in [0.2, 0.25) is 5.02 Å². The smallest absolute Gasteiger partial charge is 0.128 e. The van der Waals surface area contributed by atoms with E-state index in [1.165, 1.54) is 0 Å². The molecule has 4 heteroatoms. The van der Waals surface area contributed by atoms with E-state index in [0.29, 0.717) is 22.9 Å². The zero-order valence-corrected chi connectivity index (χ0v) is 12.4. The fraction of sp³-hybridized carbons (Fsp3) is 0.615. The van der Waals surface area contributed by atoms with Gasteiger partial charge in [0.05, 0.1) is 5.02 Å². The summed E-state index contributed by atoms with van der Waals surface area (Å²) in [6.45, 7) is 6.66. The van der Waals surface area contributed by atoms with E-state index in [1.54, 1.807) is 6.20 Å². The Bertz CT molecular complexity index is 366. The van der Waals surface area contributed by atoms with Gasteiger partial charge in [0.1, 0.15) is 5.82 Å². The first-order chi connectivity index (χ1) is 7.95. The van der Waals surface area contributed by atoms with Gasteiger partial charge in [0.15, 0.2) is 0 Å². The van der Waals surface area contributed by atoms with Gasteiger partial charge in [-0.05, 0) is 30.9 Å². The molecule has 0 saturated carbocycles. The normalized spacial score (nSPS) is 12.9. The SMILES string of the molecule is CC(C)CC(C)N(C)c1cc(CCl)c(Cl)cn1. The molecular formula is C13H20Cl2N2. The molecule has 0 bridgehead atoms. The number of pyridine rings is 1. The van der Waals surface area contributed by atoms with Crippen molar-refractivity contribution < 1.29 is 0 Å². The second-order valence-electron chi connectivity index (χ2n) is 4.86. The van der Waals surface area contributed by atoms with Crippen molar-refractivity contribution in [1.29, 1.82) is 0 Å². The Labute approximate surface area is 114 Å². The van der Waals surface area contributed by atoms with Crippen LogP contribution in [0.1, 0.15) is 32.8 Å². The van der Waals surface area contributed by atoms with Crippen LogP contribution < -0.4 is 4.90 Å². The van der Waals surface area contributed by atoms with Gasteiger partial charge in [-0.25, -0.2) is 4.98 Å². The topological polar surface area (TPSA) is 16.1 Å². The van der Waals surface area contributed by atoms with E-state index >= 15 is 0 Å². The van der Waals surface area contributed by atoms with Gasteiger partial charge in [0.2, 0.25) is 0 Å². The standard InChI is InChI=1S/C13H20Cl2N2/c1-9(2)5-10(3)17(4)13-6-11(7-14)12(15)8-16-13/h6,8-10H,5,7H2,1-4H3. The second kappa shape index (κ2) is 6.46. The Hall–Kier alpha value is -0.470. The van der Waals surface area contributed by atoms with Crippen molar-refractivity contribution >= 4 is 29.0 Å². The highest BCUT2D eigenvalue weighted by Gasteiger charge is 2.14. The predicted molar refractivity (Wildman–Crippen MR) is 76.1 cm³/mol. The molecule has 1 rings (SSSR count). The van der Waals surface area contributed by atoms with Gasteiger partial charge in [-0.1, -0.05) is 25.4 Å². The van der Waals surface area contributed by atoms with Crippen LogP contribution in [0.4, 0.5) is 5.82 Å². The highest BCUT2D eigenvalue weighted by Crippen LogP contribution is 2.23. The summed E-state index contributed by atoms with van der Waals surface area (Å²) in [6.07, 6.45) is 2.81. The van der Waals surface area contributed by atoms with Crippen molar-refractivity contribution in [1.82, 2.24) is 4.98 Å². The minimum absolute atomic E-state index is 0.417. The maximum Gasteiger partial charge on any atom is 0.128 e. The van der Waals surface area contributed by atoms with Gasteiger partial charge in [0.25, 0.3) is 0 Å². The monoisotopic (exact) mass is 274 g/mol. The Morgan fingerprint density at radius 2 is 2.00 bits per heavy atom. The molecule has 0 N–H and O–H groups in total. The number of aromatic nitrogens is 1. The molecule has 0 amide bonds. The van der Waals surface area contributed by atoms with Crippen LogP contribution >= 0.6 is 23.2 Å². The van der Waals surface area contributed by atoms with Crippen LogP contribution in [0, 0.1) is 5.92 Å². The number of rotatable bonds is 5. The molecule has 1 aromatic rings. The van der Waals surface area contributed by atoms with Crippen molar-refractivity contribution in [3.8, 4) is 0 Å². The first-order valence-corrected chi connectivity index (χ1v) is 6.80. The molecule has 0 saturated heterocycles. The van der Waals surface area contributed by atoms with Crippen molar-refractivity contribution in [2.45, 2.75) is 39.1 Å². The van der Waals surface area contributed by atoms with E-state index in [0.717, 1.165) is 17.8 Å². The summed E-state index contributed by atoms with van der Waals surface area (Å²) in [5, 5.41) is 0.633. The van der Waals surface area contributed by atoms with Crippen LogP contribution in [0.25, 0.3) is 0 Å². The Morgan fingerprint density at radius 1 is 1.35 bits per heavy atom. The van der Waals surface area contributed by atoms with Crippen LogP contribution in [-0.4, -0.2) is 18.1 Å². The third kappa shape index (κ3) is 4.04. The molecule has 0 aliphatic carbocycles. The molecule has 0 aromatic carbocycles. The molecule has 1 heterocycles. The van der Waals surface area contributed by atoms with Crippen LogP contribution in [0.5, 0.6) is 0 Å². The minimum Gasteiger partial charge on any atom is -0.357 e. The van der Waals surface area contributed by atoms with Crippen LogP contribution in [0.15, 0.2) is 12.3 Å². The van der Waals surface area contributed by atoms with Gasteiger partial charge in [0, 0.05) is 25.2 Å². The van der Waals surface area contributed by atoms with Gasteiger partial charge in [-0.2, -0.15) is 0 Å². The van der Waals surface area contributed by atoms with Gasteiger partial charge < -0.3 is 4.90 Å². The third-order valence-electron chi connectivity index (χ3n) is 2.90. The maximum absolute atomic E-state index is 6.00. The zero-order chi connectivity index (χ0) is 13.0. The molecule has 1 aromatic heterocycles. The summed E-state index contributed by atoms with van der Waals surface area (Å²) in [5.74, 6) is 2.02. The fourth-order valence-corrected chi connectivity index (χ4v) is 2.29. The quantitative estimate of drug-likeness (QED) is 0.743. The molecule has 0 aliphatic heterocycles. The molecule has 1 atom stereocenters. The lowest BCUT2D eigenvalue weighted by Gasteiger charge is -2.27. The van der Waals surface area contributed by atoms with Gasteiger partial charge in [-0.3, -0.25) is 0 Å². The van der Waals surface area contributed by atoms with Gasteiger partial charge >= 0.3 is 0 Å². The Morgan fingerprint density at radius 3 is 2.53 bits per heavy atom. The molecule has 17 heavy (non-hydrogen) atoms. The average Bonchev–Trinajstić information content (AvgIpc) is 2.27. The van der Waals surface area contributed by atoms with E-state index in [2.05, 4.69) is 37.7 Å². The summed E-state index contributed by atoms with van der Waals surface area (Å²) in [7, 11) is 2.06. The van der Waals surface area contributed by atoms with Crippen molar-refractivity contribution in [2.24, 2.45) is 5.92 Å². The summed E-state index contributed by atoms with van der Waals surface area (Å²) in [6, 6.07) is 2.42. The van der Waals surface area contributed by atoms with Crippen LogP contribution in [-0.2, 0) is 5.88 Å². The van der Waals surface area contributed by atoms with E-state index in [4.69, 9.17) is 23.2 Å². The highest BCUT2D eigenvalue weighted by atomic mass is 35.5. The lowest BCUT2D eigenvalue weighted by Crippen LogP contribution is -2.30. The fourth-order valence-electron chi connectivity index (χ4n) is 1.83. The molecule has 0 aliphatic rings. The number of hydrogen-bond acceptors (Lipinski definition) is 2. The maximum atomic E-state index is 6.00. The van der Waals surface area contributed by atoms with Gasteiger partial charge in [-0.15, -0.1) is 11.6 Å². The lowest BCUT2D eigenvalue weighted by atomic mass is 10.0. The number of halogens is 2. The number of hydrogen-bond donors (Lipinski definition) is 0. The van der Waals surface area contributed by atoms with E-state index in [-0.39, 0.29) is 0 Å². The van der Waals surface area contributed by atoms with Crippen LogP contribution in [0.3, 0.4) is 0 Å². The molecule has 0 radical (unpaired) electrons. The molecule has 0 spiro atoms. The summed E-state index contributed by atoms with van der Waals surface area (Å²) in [4.78, 5) is 6.52. The Balaban J connectivity index is 2.84. The molecule has 1 unspecified atom stereocenters. The molecule has 0 fully saturated rings. The zero-order valence-electron chi connectivity index (χ0n) is 10.9. The summed E-state index contributed by atoms with van der Waals surface area (Å²) in [5.41, 5.74) is 0.932. The van der Waals surface area contributed by atoms with E-state index in [9.17, 15) is 0 Å².